The fourth-order valence-electron chi connectivity index (χ4n) is 2.65. The quantitative estimate of drug-likeness (QED) is 0.597. The number of fused-ring (bicyclic) bond motifs is 1. The Balaban J connectivity index is 2.16. The number of para-hydroxylation sites is 1. The fraction of sp³-hybridized carbons (Fsp3) is 0.250. The van der Waals surface area contributed by atoms with Crippen LogP contribution in [0, 0.1) is 10.1 Å². The Morgan fingerprint density at radius 3 is 2.72 bits per heavy atom. The van der Waals surface area contributed by atoms with Gasteiger partial charge in [0, 0.05) is 11.4 Å². The van der Waals surface area contributed by atoms with Gasteiger partial charge in [0.1, 0.15) is 5.75 Å². The van der Waals surface area contributed by atoms with Crippen molar-refractivity contribution in [2.75, 3.05) is 23.7 Å². The molecular weight excluding hydrogens is 364 g/mol. The lowest BCUT2D eigenvalue weighted by Gasteiger charge is -2.24. The van der Waals surface area contributed by atoms with Crippen LogP contribution in [0.15, 0.2) is 52.3 Å². The number of ether oxygens (including phenoxy) is 1. The average Bonchev–Trinajstić information content (AvgIpc) is 2.84. The highest BCUT2D eigenvalue weighted by molar-refractivity contribution is 7.99. The Morgan fingerprint density at radius 1 is 1.24 bits per heavy atom. The Labute approximate surface area is 149 Å². The molecule has 0 bridgehead atoms. The van der Waals surface area contributed by atoms with Crippen LogP contribution in [0.5, 0.6) is 5.75 Å². The van der Waals surface area contributed by atoms with Gasteiger partial charge in [-0.1, -0.05) is 12.1 Å². The summed E-state index contributed by atoms with van der Waals surface area (Å²) in [5.74, 6) is 1.02. The van der Waals surface area contributed by atoms with E-state index in [0.29, 0.717) is 12.1 Å². The maximum Gasteiger partial charge on any atom is 0.293 e. The zero-order valence-electron chi connectivity index (χ0n) is 13.4. The summed E-state index contributed by atoms with van der Waals surface area (Å²) in [5, 5.41) is 11.4. The molecule has 2 aromatic rings. The minimum absolute atomic E-state index is 0.234. The van der Waals surface area contributed by atoms with Crippen molar-refractivity contribution in [3.63, 3.8) is 0 Å². The van der Waals surface area contributed by atoms with Crippen LogP contribution in [0.1, 0.15) is 6.42 Å². The van der Waals surface area contributed by atoms with Crippen LogP contribution in [0.4, 0.5) is 11.4 Å². The van der Waals surface area contributed by atoms with E-state index in [0.717, 1.165) is 16.7 Å². The molecule has 7 nitrogen and oxygen atoms in total. The zero-order valence-corrected chi connectivity index (χ0v) is 15.0. The standard InChI is InChI=1S/C16H16N2O5S2/c1-23-12-7-8-16(14(11-12)18(19)20)25(21,22)17-9-4-10-24-15-6-3-2-5-13(15)17/h2-3,5-8,11H,4,9-10H2,1H3. The first kappa shape index (κ1) is 17.6. The number of thioether (sulfide) groups is 1. The van der Waals surface area contributed by atoms with Gasteiger partial charge in [-0.15, -0.1) is 11.8 Å². The van der Waals surface area contributed by atoms with Crippen molar-refractivity contribution in [1.29, 1.82) is 0 Å². The van der Waals surface area contributed by atoms with Crippen LogP contribution in [-0.4, -0.2) is 32.7 Å². The third-order valence-electron chi connectivity index (χ3n) is 3.83. The lowest BCUT2D eigenvalue weighted by Crippen LogP contribution is -2.32. The summed E-state index contributed by atoms with van der Waals surface area (Å²) in [5.41, 5.74) is 0.0591. The van der Waals surface area contributed by atoms with E-state index in [4.69, 9.17) is 4.74 Å². The first-order valence-electron chi connectivity index (χ1n) is 7.52. The van der Waals surface area contributed by atoms with Gasteiger partial charge in [0.2, 0.25) is 0 Å². The Hall–Kier alpha value is -2.26. The molecule has 2 aromatic carbocycles. The maximum atomic E-state index is 13.2. The van der Waals surface area contributed by atoms with E-state index in [1.165, 1.54) is 23.5 Å². The van der Waals surface area contributed by atoms with Crippen LogP contribution in [0.25, 0.3) is 0 Å². The second-order valence-corrected chi connectivity index (χ2v) is 8.31. The van der Waals surface area contributed by atoms with Crippen molar-refractivity contribution in [3.8, 4) is 5.75 Å². The van der Waals surface area contributed by atoms with Crippen molar-refractivity contribution >= 4 is 33.2 Å². The van der Waals surface area contributed by atoms with Crippen molar-refractivity contribution < 1.29 is 18.1 Å². The summed E-state index contributed by atoms with van der Waals surface area (Å²) in [6, 6.07) is 11.0. The van der Waals surface area contributed by atoms with Gasteiger partial charge >= 0.3 is 0 Å². The monoisotopic (exact) mass is 380 g/mol. The van der Waals surface area contributed by atoms with Gasteiger partial charge in [0.25, 0.3) is 15.7 Å². The second kappa shape index (κ2) is 6.93. The molecule has 1 aliphatic heterocycles. The van der Waals surface area contributed by atoms with Gasteiger partial charge in [-0.2, -0.15) is 0 Å². The van der Waals surface area contributed by atoms with Crippen LogP contribution in [0.2, 0.25) is 0 Å². The van der Waals surface area contributed by atoms with Crippen LogP contribution >= 0.6 is 11.8 Å². The Bertz CT molecular complexity index is 914. The maximum absolute atomic E-state index is 13.2. The summed E-state index contributed by atoms with van der Waals surface area (Å²) < 4.78 is 32.6. The summed E-state index contributed by atoms with van der Waals surface area (Å²) in [7, 11) is -2.71. The van der Waals surface area contributed by atoms with E-state index in [-0.39, 0.29) is 17.2 Å². The van der Waals surface area contributed by atoms with Gasteiger partial charge in [0.15, 0.2) is 4.90 Å². The summed E-state index contributed by atoms with van der Waals surface area (Å²) in [4.78, 5) is 11.2. The molecule has 0 spiro atoms. The third-order valence-corrected chi connectivity index (χ3v) is 6.84. The van der Waals surface area contributed by atoms with Gasteiger partial charge in [-0.25, -0.2) is 8.42 Å². The highest BCUT2D eigenvalue weighted by Crippen LogP contribution is 2.38. The highest BCUT2D eigenvalue weighted by Gasteiger charge is 2.34. The number of nitrogens with zero attached hydrogens (tertiary/aromatic N) is 2. The van der Waals surface area contributed by atoms with Crippen LogP contribution in [0.3, 0.4) is 0 Å². The molecule has 0 fully saturated rings. The lowest BCUT2D eigenvalue weighted by atomic mass is 10.3. The predicted molar refractivity (Wildman–Crippen MR) is 96.0 cm³/mol. The highest BCUT2D eigenvalue weighted by atomic mass is 32.2. The SMILES string of the molecule is COc1ccc(S(=O)(=O)N2CCCSc3ccccc32)c([N+](=O)[O-])c1. The Kier molecular flexibility index (Phi) is 4.87. The van der Waals surface area contributed by atoms with E-state index < -0.39 is 20.6 Å². The summed E-state index contributed by atoms with van der Waals surface area (Å²) >= 11 is 1.58. The minimum atomic E-state index is -4.08. The first-order valence-corrected chi connectivity index (χ1v) is 9.94. The molecule has 0 saturated carbocycles. The smallest absolute Gasteiger partial charge is 0.293 e. The molecule has 0 aliphatic carbocycles. The van der Waals surface area contributed by atoms with Gasteiger partial charge in [-0.3, -0.25) is 14.4 Å². The van der Waals surface area contributed by atoms with Gasteiger partial charge in [-0.05, 0) is 36.4 Å². The minimum Gasteiger partial charge on any atom is -0.497 e. The number of hydrogen-bond acceptors (Lipinski definition) is 6. The van der Waals surface area contributed by atoms with Crippen molar-refractivity contribution in [2.45, 2.75) is 16.2 Å². The number of benzene rings is 2. The fourth-order valence-corrected chi connectivity index (χ4v) is 5.36. The van der Waals surface area contributed by atoms with E-state index in [1.54, 1.807) is 23.9 Å². The number of methoxy groups -OCH3 is 1. The largest absolute Gasteiger partial charge is 0.497 e. The predicted octanol–water partition coefficient (Wildman–Crippen LogP) is 3.29. The third kappa shape index (κ3) is 3.29. The molecule has 0 N–H and O–H groups in total. The number of nitro groups is 1. The van der Waals surface area contributed by atoms with Gasteiger partial charge < -0.3 is 4.74 Å². The number of rotatable bonds is 4. The van der Waals surface area contributed by atoms with E-state index in [1.807, 2.05) is 12.1 Å². The zero-order chi connectivity index (χ0) is 18.0. The van der Waals surface area contributed by atoms with E-state index in [9.17, 15) is 18.5 Å². The van der Waals surface area contributed by atoms with Crippen molar-refractivity contribution in [3.05, 3.63) is 52.6 Å². The van der Waals surface area contributed by atoms with Gasteiger partial charge in [0.05, 0.1) is 23.8 Å². The molecule has 0 aromatic heterocycles. The lowest BCUT2D eigenvalue weighted by molar-refractivity contribution is -0.387. The molecule has 0 unspecified atom stereocenters. The van der Waals surface area contributed by atoms with Crippen molar-refractivity contribution in [2.24, 2.45) is 0 Å². The number of nitro benzene ring substituents is 1. The molecule has 0 amide bonds. The molecule has 25 heavy (non-hydrogen) atoms. The number of hydrogen-bond donors (Lipinski definition) is 0. The summed E-state index contributed by atoms with van der Waals surface area (Å²) in [6.45, 7) is 0.273. The number of anilines is 1. The topological polar surface area (TPSA) is 89.8 Å². The van der Waals surface area contributed by atoms with E-state index >= 15 is 0 Å². The molecule has 3 rings (SSSR count). The molecule has 0 saturated heterocycles. The Morgan fingerprint density at radius 2 is 2.00 bits per heavy atom. The molecule has 1 aliphatic rings. The molecular formula is C16H16N2O5S2. The van der Waals surface area contributed by atoms with Crippen molar-refractivity contribution in [1.82, 2.24) is 0 Å². The molecule has 0 atom stereocenters. The van der Waals surface area contributed by atoms with Crippen LogP contribution in [-0.2, 0) is 10.0 Å². The normalized spacial score (nSPS) is 14.5. The second-order valence-electron chi connectivity index (χ2n) is 5.34. The van der Waals surface area contributed by atoms with E-state index in [2.05, 4.69) is 0 Å². The molecule has 9 heteroatoms. The first-order chi connectivity index (χ1) is 11.9. The number of sulfonamides is 1. The average molecular weight is 380 g/mol. The van der Waals surface area contributed by atoms with Crippen LogP contribution < -0.4 is 9.04 Å². The molecule has 0 radical (unpaired) electrons. The molecule has 132 valence electrons. The summed E-state index contributed by atoms with van der Waals surface area (Å²) in [6.07, 6.45) is 0.655. The molecule has 1 heterocycles.